The molecule has 1 unspecified atom stereocenters. The highest BCUT2D eigenvalue weighted by Gasteiger charge is 2.36. The lowest BCUT2D eigenvalue weighted by Gasteiger charge is -2.20. The van der Waals surface area contributed by atoms with Gasteiger partial charge >= 0.3 is 0 Å². The van der Waals surface area contributed by atoms with E-state index in [2.05, 4.69) is 4.98 Å². The van der Waals surface area contributed by atoms with Gasteiger partial charge in [0.05, 0.1) is 4.88 Å². The normalized spacial score (nSPS) is 16.9. The zero-order valence-corrected chi connectivity index (χ0v) is 15.4. The molecule has 1 aromatic heterocycles. The third-order valence-electron chi connectivity index (χ3n) is 3.70. The molecule has 1 aliphatic rings. The van der Waals surface area contributed by atoms with Gasteiger partial charge in [-0.1, -0.05) is 23.5 Å². The van der Waals surface area contributed by atoms with Crippen molar-refractivity contribution in [2.45, 2.75) is 5.37 Å². The van der Waals surface area contributed by atoms with Gasteiger partial charge in [0.25, 0.3) is 11.8 Å². The average Bonchev–Trinajstić information content (AvgIpc) is 3.22. The Balaban J connectivity index is 2.03. The van der Waals surface area contributed by atoms with Gasteiger partial charge in [-0.2, -0.15) is 0 Å². The summed E-state index contributed by atoms with van der Waals surface area (Å²) < 4.78 is 13.2. The van der Waals surface area contributed by atoms with Gasteiger partial charge in [0.1, 0.15) is 11.5 Å². The van der Waals surface area contributed by atoms with Crippen LogP contribution in [0.5, 0.6) is 0 Å². The fourth-order valence-electron chi connectivity index (χ4n) is 2.49. The van der Waals surface area contributed by atoms with E-state index in [4.69, 9.17) is 5.73 Å². The Morgan fingerprint density at radius 3 is 2.60 bits per heavy atom. The summed E-state index contributed by atoms with van der Waals surface area (Å²) in [6, 6.07) is 5.92. The molecular weight excluding hydrogens is 363 g/mol. The summed E-state index contributed by atoms with van der Waals surface area (Å²) in [6.45, 7) is 0.439. The van der Waals surface area contributed by atoms with E-state index in [-0.39, 0.29) is 17.4 Å². The molecule has 3 rings (SSSR count). The molecule has 0 saturated carbocycles. The van der Waals surface area contributed by atoms with Crippen LogP contribution in [0.25, 0.3) is 10.4 Å². The van der Waals surface area contributed by atoms with E-state index in [0.29, 0.717) is 27.9 Å². The molecule has 132 valence electrons. The molecular formula is C16H17FN4O2S2. The first-order valence-electron chi connectivity index (χ1n) is 7.54. The van der Waals surface area contributed by atoms with Crippen molar-refractivity contribution in [1.29, 1.82) is 0 Å². The molecule has 2 amide bonds. The van der Waals surface area contributed by atoms with Gasteiger partial charge in [0.2, 0.25) is 0 Å². The molecule has 1 aromatic carbocycles. The first-order valence-corrected chi connectivity index (χ1v) is 9.41. The van der Waals surface area contributed by atoms with Crippen LogP contribution >= 0.6 is 23.1 Å². The lowest BCUT2D eigenvalue weighted by Crippen LogP contribution is -2.42. The van der Waals surface area contributed by atoms with Crippen LogP contribution in [-0.4, -0.2) is 53.5 Å². The maximum Gasteiger partial charge on any atom is 0.275 e. The van der Waals surface area contributed by atoms with Crippen LogP contribution < -0.4 is 10.6 Å². The largest absolute Gasteiger partial charge is 0.367 e. The number of amides is 2. The Labute approximate surface area is 152 Å². The van der Waals surface area contributed by atoms with Crippen molar-refractivity contribution in [1.82, 2.24) is 9.88 Å². The summed E-state index contributed by atoms with van der Waals surface area (Å²) in [7, 11) is 3.67. The van der Waals surface area contributed by atoms with Crippen LogP contribution in [-0.2, 0) is 4.79 Å². The number of thioether (sulfide) groups is 1. The second-order valence-corrected chi connectivity index (χ2v) is 7.87. The Kier molecular flexibility index (Phi) is 4.96. The Morgan fingerprint density at radius 2 is 2.00 bits per heavy atom. The second-order valence-electron chi connectivity index (χ2n) is 5.70. The molecule has 1 atom stereocenters. The number of primary amides is 1. The van der Waals surface area contributed by atoms with Crippen LogP contribution in [0.1, 0.15) is 10.5 Å². The minimum atomic E-state index is -0.682. The van der Waals surface area contributed by atoms with E-state index < -0.39 is 11.3 Å². The maximum atomic E-state index is 13.2. The van der Waals surface area contributed by atoms with Crippen LogP contribution in [0.15, 0.2) is 24.3 Å². The number of nitrogens with two attached hydrogens (primary N) is 1. The van der Waals surface area contributed by atoms with E-state index in [1.165, 1.54) is 40.1 Å². The van der Waals surface area contributed by atoms with Gasteiger partial charge in [0.15, 0.2) is 10.5 Å². The van der Waals surface area contributed by atoms with Gasteiger partial charge in [-0.15, -0.1) is 11.8 Å². The highest BCUT2D eigenvalue weighted by Crippen LogP contribution is 2.36. The van der Waals surface area contributed by atoms with E-state index in [1.54, 1.807) is 17.0 Å². The number of hydrogen-bond donors (Lipinski definition) is 1. The average molecular weight is 380 g/mol. The Hall–Kier alpha value is -2.13. The molecule has 0 radical (unpaired) electrons. The second kappa shape index (κ2) is 7.01. The van der Waals surface area contributed by atoms with Crippen molar-refractivity contribution in [2.75, 3.05) is 31.3 Å². The number of rotatable bonds is 4. The van der Waals surface area contributed by atoms with Crippen molar-refractivity contribution >= 4 is 40.0 Å². The number of hydrogen-bond acceptors (Lipinski definition) is 6. The van der Waals surface area contributed by atoms with E-state index >= 15 is 0 Å². The summed E-state index contributed by atoms with van der Waals surface area (Å²) >= 11 is 2.69. The minimum absolute atomic E-state index is 0.258. The third kappa shape index (κ3) is 3.47. The Bertz CT molecular complexity index is 807. The Morgan fingerprint density at radius 1 is 1.32 bits per heavy atom. The van der Waals surface area contributed by atoms with Crippen LogP contribution in [0.4, 0.5) is 9.52 Å². The molecule has 9 heteroatoms. The maximum absolute atomic E-state index is 13.2. The summed E-state index contributed by atoms with van der Waals surface area (Å²) in [5.41, 5.74) is 6.37. The molecule has 0 bridgehead atoms. The molecule has 1 saturated heterocycles. The number of nitrogens with zero attached hydrogens (tertiary/aromatic N) is 3. The van der Waals surface area contributed by atoms with Gasteiger partial charge in [-0.25, -0.2) is 9.37 Å². The third-order valence-corrected chi connectivity index (χ3v) is 6.20. The first-order chi connectivity index (χ1) is 11.9. The van der Waals surface area contributed by atoms with Crippen molar-refractivity contribution < 1.29 is 14.0 Å². The highest BCUT2D eigenvalue weighted by molar-refractivity contribution is 8.00. The van der Waals surface area contributed by atoms with Crippen LogP contribution in [0.2, 0.25) is 0 Å². The predicted octanol–water partition coefficient (Wildman–Crippen LogP) is 2.02. The van der Waals surface area contributed by atoms with Crippen molar-refractivity contribution in [2.24, 2.45) is 5.73 Å². The van der Waals surface area contributed by atoms with Crippen molar-refractivity contribution in [3.05, 3.63) is 35.8 Å². The molecule has 0 aliphatic carbocycles. The summed E-state index contributed by atoms with van der Waals surface area (Å²) in [6.07, 6.45) is 0. The number of halogens is 1. The van der Waals surface area contributed by atoms with Crippen LogP contribution in [0.3, 0.4) is 0 Å². The number of thiazole rings is 1. The number of anilines is 1. The smallest absolute Gasteiger partial charge is 0.275 e. The number of carbonyl (C=O) groups excluding carboxylic acids is 2. The SMILES string of the molecule is CN(C)c1nc(C(=O)N2CCSC2C(N)=O)c(-c2ccc(F)cc2)s1. The fraction of sp³-hybridized carbons (Fsp3) is 0.312. The number of benzene rings is 1. The lowest BCUT2D eigenvalue weighted by atomic mass is 10.1. The quantitative estimate of drug-likeness (QED) is 0.878. The topological polar surface area (TPSA) is 79.5 Å². The highest BCUT2D eigenvalue weighted by atomic mass is 32.2. The molecule has 2 aromatic rings. The summed E-state index contributed by atoms with van der Waals surface area (Å²) in [4.78, 5) is 33.0. The van der Waals surface area contributed by atoms with Gasteiger partial charge < -0.3 is 15.5 Å². The number of carbonyl (C=O) groups is 2. The van der Waals surface area contributed by atoms with E-state index in [0.717, 1.165) is 0 Å². The van der Waals surface area contributed by atoms with Gasteiger partial charge in [-0.3, -0.25) is 9.59 Å². The molecule has 0 spiro atoms. The van der Waals surface area contributed by atoms with Crippen molar-refractivity contribution in [3.63, 3.8) is 0 Å². The molecule has 1 aliphatic heterocycles. The van der Waals surface area contributed by atoms with Crippen molar-refractivity contribution in [3.8, 4) is 10.4 Å². The van der Waals surface area contributed by atoms with Crippen LogP contribution in [0, 0.1) is 5.82 Å². The monoisotopic (exact) mass is 380 g/mol. The first kappa shape index (κ1) is 17.7. The van der Waals surface area contributed by atoms with E-state index in [1.807, 2.05) is 14.1 Å². The number of aromatic nitrogens is 1. The standard InChI is InChI=1S/C16H17FN4O2S2/c1-20(2)16-19-11(12(25-16)9-3-5-10(17)6-4-9)14(23)21-7-8-24-15(21)13(18)22/h3-6,15H,7-8H2,1-2H3,(H2,18,22). The van der Waals surface area contributed by atoms with E-state index in [9.17, 15) is 14.0 Å². The zero-order valence-electron chi connectivity index (χ0n) is 13.7. The molecule has 2 heterocycles. The zero-order chi connectivity index (χ0) is 18.1. The summed E-state index contributed by atoms with van der Waals surface area (Å²) in [5.74, 6) is -0.575. The van der Waals surface area contributed by atoms with Gasteiger partial charge in [0, 0.05) is 26.4 Å². The fourth-order valence-corrected chi connectivity index (χ4v) is 4.55. The minimum Gasteiger partial charge on any atom is -0.367 e. The molecule has 6 nitrogen and oxygen atoms in total. The summed E-state index contributed by atoms with van der Waals surface area (Å²) in [5, 5.41) is -0.0248. The lowest BCUT2D eigenvalue weighted by molar-refractivity contribution is -0.119. The van der Waals surface area contributed by atoms with Gasteiger partial charge in [-0.05, 0) is 17.7 Å². The molecule has 1 fully saturated rings. The molecule has 2 N–H and O–H groups in total. The molecule has 25 heavy (non-hydrogen) atoms. The predicted molar refractivity (Wildman–Crippen MR) is 98.3 cm³/mol.